The minimum absolute atomic E-state index is 0.361. The van der Waals surface area contributed by atoms with Crippen molar-refractivity contribution in [3.05, 3.63) is 59.2 Å². The minimum atomic E-state index is -0.515. The van der Waals surface area contributed by atoms with Gasteiger partial charge in [0.15, 0.2) is 11.8 Å². The van der Waals surface area contributed by atoms with Gasteiger partial charge < -0.3 is 4.42 Å². The Bertz CT molecular complexity index is 1260. The third kappa shape index (κ3) is 2.01. The molecule has 3 heterocycles. The van der Waals surface area contributed by atoms with E-state index in [1.165, 1.54) is 36.5 Å². The first-order valence-electron chi connectivity index (χ1n) is 9.62. The number of aromatic nitrogens is 2. The Morgan fingerprint density at radius 2 is 1.85 bits per heavy atom. The molecule has 4 heteroatoms. The number of furan rings is 1. The molecule has 4 aromatic rings. The predicted octanol–water partition coefficient (Wildman–Crippen LogP) is 5.28. The summed E-state index contributed by atoms with van der Waals surface area (Å²) in [6, 6.07) is 9.68. The summed E-state index contributed by atoms with van der Waals surface area (Å²) in [6.45, 7) is 2.11. The van der Waals surface area contributed by atoms with Crippen molar-refractivity contribution in [2.45, 2.75) is 38.0 Å². The highest BCUT2D eigenvalue weighted by Crippen LogP contribution is 2.53. The first kappa shape index (κ1) is 15.3. The van der Waals surface area contributed by atoms with E-state index in [1.807, 2.05) is 0 Å². The summed E-state index contributed by atoms with van der Waals surface area (Å²) in [4.78, 5) is 3.95. The number of nitrogens with zero attached hydrogens (tertiary/aromatic N) is 2. The molecule has 27 heavy (non-hydrogen) atoms. The van der Waals surface area contributed by atoms with Gasteiger partial charge in [-0.3, -0.25) is 0 Å². The van der Waals surface area contributed by atoms with Gasteiger partial charge in [-0.15, -0.1) is 0 Å². The third-order valence-corrected chi connectivity index (χ3v) is 6.59. The first-order chi connectivity index (χ1) is 13.1. The van der Waals surface area contributed by atoms with E-state index in [-0.39, 0.29) is 0 Å². The number of hydrogen-bond acceptors (Lipinski definition) is 2. The number of halogens is 1. The second kappa shape index (κ2) is 5.16. The molecule has 0 radical (unpaired) electrons. The van der Waals surface area contributed by atoms with Crippen LogP contribution in [-0.2, 0) is 7.05 Å². The molecule has 2 aliphatic carbocycles. The Balaban J connectivity index is 1.67. The SMILES string of the molecule is Cc1ccc2c(oc3nc(F)ccc32)c1-c1cc2c(c[n+]1C)C1CCC2C1. The highest BCUT2D eigenvalue weighted by atomic mass is 19.1. The minimum Gasteiger partial charge on any atom is -0.437 e. The van der Waals surface area contributed by atoms with Crippen molar-refractivity contribution >= 4 is 22.1 Å². The normalized spacial score (nSPS) is 20.7. The molecule has 2 atom stereocenters. The van der Waals surface area contributed by atoms with E-state index >= 15 is 0 Å². The number of pyridine rings is 2. The molecular formula is C23H20FN2O+. The van der Waals surface area contributed by atoms with Gasteiger partial charge >= 0.3 is 0 Å². The van der Waals surface area contributed by atoms with E-state index < -0.39 is 5.95 Å². The van der Waals surface area contributed by atoms with E-state index in [9.17, 15) is 4.39 Å². The predicted molar refractivity (Wildman–Crippen MR) is 102 cm³/mol. The van der Waals surface area contributed by atoms with Gasteiger partial charge in [0.05, 0.1) is 5.56 Å². The average molecular weight is 359 g/mol. The van der Waals surface area contributed by atoms with Crippen LogP contribution in [0.2, 0.25) is 0 Å². The zero-order valence-corrected chi connectivity index (χ0v) is 15.4. The Labute approximate surface area is 156 Å². The highest BCUT2D eigenvalue weighted by Gasteiger charge is 2.39. The molecule has 3 aromatic heterocycles. The summed E-state index contributed by atoms with van der Waals surface area (Å²) in [5, 5.41) is 1.84. The summed E-state index contributed by atoms with van der Waals surface area (Å²) in [6.07, 6.45) is 6.25. The van der Waals surface area contributed by atoms with Crippen LogP contribution in [0.5, 0.6) is 0 Å². The Morgan fingerprint density at radius 3 is 2.70 bits per heavy atom. The smallest absolute Gasteiger partial charge is 0.229 e. The maximum atomic E-state index is 13.6. The van der Waals surface area contributed by atoms with Crippen LogP contribution in [0.25, 0.3) is 33.3 Å². The monoisotopic (exact) mass is 359 g/mol. The fourth-order valence-corrected chi connectivity index (χ4v) is 5.29. The van der Waals surface area contributed by atoms with Crippen molar-refractivity contribution < 1.29 is 13.4 Å². The second-order valence-electron chi connectivity index (χ2n) is 8.11. The molecule has 2 unspecified atom stereocenters. The van der Waals surface area contributed by atoms with E-state index in [0.717, 1.165) is 39.1 Å². The molecule has 6 rings (SSSR count). The Morgan fingerprint density at radius 1 is 1.07 bits per heavy atom. The number of hydrogen-bond donors (Lipinski definition) is 0. The van der Waals surface area contributed by atoms with Crippen LogP contribution in [0.15, 0.2) is 40.9 Å². The third-order valence-electron chi connectivity index (χ3n) is 6.59. The van der Waals surface area contributed by atoms with E-state index in [4.69, 9.17) is 4.42 Å². The maximum absolute atomic E-state index is 13.6. The molecule has 0 saturated heterocycles. The summed E-state index contributed by atoms with van der Waals surface area (Å²) in [7, 11) is 2.11. The molecule has 3 nitrogen and oxygen atoms in total. The summed E-state index contributed by atoms with van der Waals surface area (Å²) >= 11 is 0. The Hall–Kier alpha value is -2.75. The van der Waals surface area contributed by atoms with Crippen LogP contribution >= 0.6 is 0 Å². The highest BCUT2D eigenvalue weighted by molar-refractivity contribution is 6.08. The fourth-order valence-electron chi connectivity index (χ4n) is 5.29. The van der Waals surface area contributed by atoms with Crippen molar-refractivity contribution in [1.29, 1.82) is 0 Å². The van der Waals surface area contributed by atoms with Crippen LogP contribution < -0.4 is 4.57 Å². The van der Waals surface area contributed by atoms with Gasteiger partial charge in [0.2, 0.25) is 17.4 Å². The van der Waals surface area contributed by atoms with Crippen molar-refractivity contribution in [3.63, 3.8) is 0 Å². The van der Waals surface area contributed by atoms with E-state index in [0.29, 0.717) is 11.6 Å². The molecule has 1 saturated carbocycles. The molecule has 1 aromatic carbocycles. The molecule has 1 fully saturated rings. The zero-order valence-electron chi connectivity index (χ0n) is 15.4. The standard InChI is InChI=1S/C23H20FN2O/c1-12-3-6-15-16-7-8-20(24)25-23(16)27-22(15)21(12)19-10-17-13-4-5-14(9-13)18(17)11-26(19)2/h3,6-8,10-11,13-14H,4-5,9H2,1-2H3/q+1. The van der Waals surface area contributed by atoms with Crippen LogP contribution in [0, 0.1) is 12.9 Å². The van der Waals surface area contributed by atoms with Crippen LogP contribution in [0.3, 0.4) is 0 Å². The topological polar surface area (TPSA) is 29.9 Å². The fraction of sp³-hybridized carbons (Fsp3) is 0.304. The molecule has 2 bridgehead atoms. The van der Waals surface area contributed by atoms with Gasteiger partial charge in [-0.1, -0.05) is 12.1 Å². The van der Waals surface area contributed by atoms with Gasteiger partial charge in [0.1, 0.15) is 7.05 Å². The van der Waals surface area contributed by atoms with E-state index in [1.54, 1.807) is 6.07 Å². The summed E-state index contributed by atoms with van der Waals surface area (Å²) in [5.41, 5.74) is 7.58. The molecule has 0 spiro atoms. The van der Waals surface area contributed by atoms with Crippen molar-refractivity contribution in [3.8, 4) is 11.3 Å². The van der Waals surface area contributed by atoms with Gasteiger partial charge in [-0.2, -0.15) is 9.37 Å². The summed E-state index contributed by atoms with van der Waals surface area (Å²) in [5.74, 6) is 0.926. The maximum Gasteiger partial charge on any atom is 0.229 e. The number of aryl methyl sites for hydroxylation is 2. The molecule has 0 amide bonds. The molecule has 2 aliphatic rings. The largest absolute Gasteiger partial charge is 0.437 e. The van der Waals surface area contributed by atoms with Crippen LogP contribution in [0.1, 0.15) is 47.8 Å². The second-order valence-corrected chi connectivity index (χ2v) is 8.11. The lowest BCUT2D eigenvalue weighted by Gasteiger charge is -2.15. The molecule has 0 aliphatic heterocycles. The van der Waals surface area contributed by atoms with Crippen molar-refractivity contribution in [1.82, 2.24) is 4.98 Å². The van der Waals surface area contributed by atoms with Crippen LogP contribution in [-0.4, -0.2) is 4.98 Å². The molecule has 134 valence electrons. The number of fused-ring (bicyclic) bond motifs is 8. The van der Waals surface area contributed by atoms with Gasteiger partial charge in [0.25, 0.3) is 0 Å². The quantitative estimate of drug-likeness (QED) is 0.342. The first-order valence-corrected chi connectivity index (χ1v) is 9.62. The van der Waals surface area contributed by atoms with Gasteiger partial charge in [-0.25, -0.2) is 4.57 Å². The van der Waals surface area contributed by atoms with Crippen LogP contribution in [0.4, 0.5) is 4.39 Å². The number of benzene rings is 1. The van der Waals surface area contributed by atoms with Gasteiger partial charge in [0, 0.05) is 22.4 Å². The lowest BCUT2D eigenvalue weighted by molar-refractivity contribution is -0.660. The lowest BCUT2D eigenvalue weighted by Crippen LogP contribution is -2.32. The van der Waals surface area contributed by atoms with Crippen molar-refractivity contribution in [2.75, 3.05) is 0 Å². The molecule has 0 N–H and O–H groups in total. The zero-order chi connectivity index (χ0) is 18.3. The number of rotatable bonds is 1. The molecular weight excluding hydrogens is 339 g/mol. The Kier molecular flexibility index (Phi) is 2.93. The lowest BCUT2D eigenvalue weighted by atomic mass is 9.91. The average Bonchev–Trinajstić information content (AvgIpc) is 3.33. The van der Waals surface area contributed by atoms with Crippen molar-refractivity contribution in [2.24, 2.45) is 7.05 Å². The van der Waals surface area contributed by atoms with E-state index in [2.05, 4.69) is 47.9 Å². The summed E-state index contributed by atoms with van der Waals surface area (Å²) < 4.78 is 21.9. The van der Waals surface area contributed by atoms with Gasteiger partial charge in [-0.05, 0) is 61.3 Å².